The Labute approximate surface area is 164 Å². The van der Waals surface area contributed by atoms with Crippen LogP contribution in [0.5, 0.6) is 5.75 Å². The van der Waals surface area contributed by atoms with E-state index in [0.717, 1.165) is 38.5 Å². The summed E-state index contributed by atoms with van der Waals surface area (Å²) >= 11 is 0. The molecule has 0 fully saturated rings. The van der Waals surface area contributed by atoms with E-state index in [2.05, 4.69) is 6.92 Å². The zero-order chi connectivity index (χ0) is 20.1. The minimum atomic E-state index is -0.899. The number of fused-ring (bicyclic) bond motifs is 3. The summed E-state index contributed by atoms with van der Waals surface area (Å²) in [5.41, 5.74) is 0.148. The molecule has 3 rings (SSSR count). The van der Waals surface area contributed by atoms with Crippen molar-refractivity contribution in [3.63, 3.8) is 0 Å². The highest BCUT2D eigenvalue weighted by Crippen LogP contribution is 2.37. The van der Waals surface area contributed by atoms with E-state index in [1.165, 1.54) is 0 Å². The van der Waals surface area contributed by atoms with Crippen LogP contribution in [-0.2, 0) is 0 Å². The van der Waals surface area contributed by atoms with Crippen LogP contribution in [0.3, 0.4) is 0 Å². The summed E-state index contributed by atoms with van der Waals surface area (Å²) in [6, 6.07) is 6.50. The Balaban J connectivity index is 1.90. The van der Waals surface area contributed by atoms with E-state index in [4.69, 9.17) is 9.15 Å². The Kier molecular flexibility index (Phi) is 6.89. The average Bonchev–Trinajstić information content (AvgIpc) is 3.08. The molecule has 1 atom stereocenters. The molecule has 28 heavy (non-hydrogen) atoms. The van der Waals surface area contributed by atoms with E-state index in [0.29, 0.717) is 23.8 Å². The Morgan fingerprint density at radius 3 is 2.29 bits per heavy atom. The maximum Gasteiger partial charge on any atom is 0.208 e. The van der Waals surface area contributed by atoms with Crippen LogP contribution in [0.15, 0.2) is 28.7 Å². The predicted octanol–water partition coefficient (Wildman–Crippen LogP) is 7.05. The largest absolute Gasteiger partial charge is 0.490 e. The summed E-state index contributed by atoms with van der Waals surface area (Å²) in [6.07, 6.45) is 5.44. The van der Waals surface area contributed by atoms with E-state index < -0.39 is 17.7 Å². The van der Waals surface area contributed by atoms with Crippen molar-refractivity contribution in [3.8, 4) is 5.75 Å². The van der Waals surface area contributed by atoms with Gasteiger partial charge in [0.2, 0.25) is 5.82 Å². The zero-order valence-corrected chi connectivity index (χ0v) is 16.6. The third kappa shape index (κ3) is 4.14. The smallest absolute Gasteiger partial charge is 0.208 e. The summed E-state index contributed by atoms with van der Waals surface area (Å²) in [5, 5.41) is 11.2. The minimum Gasteiger partial charge on any atom is -0.490 e. The molecule has 1 N–H and O–H groups in total. The molecule has 3 aromatic rings. The predicted molar refractivity (Wildman–Crippen MR) is 108 cm³/mol. The third-order valence-electron chi connectivity index (χ3n) is 5.13. The first-order chi connectivity index (χ1) is 13.6. The second-order valence-electron chi connectivity index (χ2n) is 7.27. The lowest BCUT2D eigenvalue weighted by Crippen LogP contribution is -2.00. The molecule has 1 heterocycles. The van der Waals surface area contributed by atoms with Crippen molar-refractivity contribution in [2.75, 3.05) is 6.61 Å². The van der Waals surface area contributed by atoms with Crippen LogP contribution in [0.4, 0.5) is 8.78 Å². The number of hydrogen-bond donors (Lipinski definition) is 1. The molecule has 0 aliphatic carbocycles. The van der Waals surface area contributed by atoms with Crippen molar-refractivity contribution in [1.29, 1.82) is 0 Å². The monoisotopic (exact) mass is 390 g/mol. The van der Waals surface area contributed by atoms with Gasteiger partial charge in [-0.25, -0.2) is 4.39 Å². The van der Waals surface area contributed by atoms with Gasteiger partial charge < -0.3 is 14.3 Å². The van der Waals surface area contributed by atoms with E-state index in [1.807, 2.05) is 6.92 Å². The molecular weight excluding hydrogens is 362 g/mol. The first kappa shape index (κ1) is 20.6. The first-order valence-corrected chi connectivity index (χ1v) is 10.2. The SMILES string of the molecule is CCCCCCOc1ccc2c(oc3c(F)c([C@@H](O)CCCC)ccc32)c1F. The molecule has 2 aromatic carbocycles. The van der Waals surface area contributed by atoms with Crippen molar-refractivity contribution in [2.24, 2.45) is 0 Å². The van der Waals surface area contributed by atoms with Crippen molar-refractivity contribution >= 4 is 21.9 Å². The van der Waals surface area contributed by atoms with Crippen molar-refractivity contribution in [1.82, 2.24) is 0 Å². The fourth-order valence-electron chi connectivity index (χ4n) is 3.47. The Bertz CT molecular complexity index is 933. The number of benzene rings is 2. The minimum absolute atomic E-state index is 0.0137. The summed E-state index contributed by atoms with van der Waals surface area (Å²) in [6.45, 7) is 4.58. The molecule has 152 valence electrons. The summed E-state index contributed by atoms with van der Waals surface area (Å²) in [5.74, 6) is -1.12. The van der Waals surface area contributed by atoms with Gasteiger partial charge in [0, 0.05) is 16.3 Å². The second kappa shape index (κ2) is 9.37. The van der Waals surface area contributed by atoms with Gasteiger partial charge >= 0.3 is 0 Å². The van der Waals surface area contributed by atoms with Gasteiger partial charge in [0.1, 0.15) is 0 Å². The molecule has 0 saturated carbocycles. The van der Waals surface area contributed by atoms with Gasteiger partial charge in [-0.1, -0.05) is 52.0 Å². The zero-order valence-electron chi connectivity index (χ0n) is 16.6. The van der Waals surface area contributed by atoms with E-state index in [1.54, 1.807) is 24.3 Å². The quantitative estimate of drug-likeness (QED) is 0.377. The fraction of sp³-hybridized carbons (Fsp3) is 0.478. The van der Waals surface area contributed by atoms with Crippen LogP contribution in [0.2, 0.25) is 0 Å². The highest BCUT2D eigenvalue weighted by Gasteiger charge is 2.21. The second-order valence-corrected chi connectivity index (χ2v) is 7.27. The summed E-state index contributed by atoms with van der Waals surface area (Å²) < 4.78 is 40.9. The van der Waals surface area contributed by atoms with Crippen LogP contribution in [-0.4, -0.2) is 11.7 Å². The van der Waals surface area contributed by atoms with Gasteiger partial charge in [-0.15, -0.1) is 0 Å². The van der Waals surface area contributed by atoms with Gasteiger partial charge in [-0.3, -0.25) is 0 Å². The third-order valence-corrected chi connectivity index (χ3v) is 5.13. The molecule has 0 unspecified atom stereocenters. The van der Waals surface area contributed by atoms with Crippen molar-refractivity contribution in [3.05, 3.63) is 41.5 Å². The number of furan rings is 1. The van der Waals surface area contributed by atoms with E-state index in [9.17, 15) is 13.9 Å². The maximum atomic E-state index is 14.9. The van der Waals surface area contributed by atoms with Crippen LogP contribution in [0.1, 0.15) is 70.5 Å². The number of rotatable bonds is 10. The lowest BCUT2D eigenvalue weighted by molar-refractivity contribution is 0.160. The molecule has 0 amide bonds. The number of halogens is 2. The number of unbranched alkanes of at least 4 members (excludes halogenated alkanes) is 4. The molecule has 0 bridgehead atoms. The Hall–Kier alpha value is -2.14. The number of aliphatic hydroxyl groups excluding tert-OH is 1. The lowest BCUT2D eigenvalue weighted by atomic mass is 10.0. The number of aliphatic hydroxyl groups is 1. The van der Waals surface area contributed by atoms with E-state index in [-0.39, 0.29) is 22.5 Å². The molecule has 0 radical (unpaired) electrons. The van der Waals surface area contributed by atoms with Crippen LogP contribution in [0.25, 0.3) is 21.9 Å². The summed E-state index contributed by atoms with van der Waals surface area (Å²) in [7, 11) is 0. The topological polar surface area (TPSA) is 42.6 Å². The van der Waals surface area contributed by atoms with Gasteiger partial charge in [0.15, 0.2) is 22.7 Å². The molecule has 3 nitrogen and oxygen atoms in total. The van der Waals surface area contributed by atoms with Crippen LogP contribution in [0, 0.1) is 11.6 Å². The molecule has 0 saturated heterocycles. The van der Waals surface area contributed by atoms with Crippen LogP contribution < -0.4 is 4.74 Å². The molecule has 0 aliphatic rings. The maximum absolute atomic E-state index is 14.9. The Morgan fingerprint density at radius 2 is 1.57 bits per heavy atom. The molecular formula is C23H28F2O3. The fourth-order valence-corrected chi connectivity index (χ4v) is 3.47. The van der Waals surface area contributed by atoms with Gasteiger partial charge in [-0.05, 0) is 31.0 Å². The van der Waals surface area contributed by atoms with Gasteiger partial charge in [-0.2, -0.15) is 4.39 Å². The Morgan fingerprint density at radius 1 is 0.893 bits per heavy atom. The van der Waals surface area contributed by atoms with Crippen molar-refractivity contribution < 1.29 is 23.0 Å². The average molecular weight is 390 g/mol. The first-order valence-electron chi connectivity index (χ1n) is 10.2. The molecule has 1 aromatic heterocycles. The standard InChI is InChI=1S/C23H28F2O3/c1-3-5-7-8-14-27-19-13-12-16-15-10-11-17(18(26)9-6-4-2)20(24)22(15)28-23(16)21(19)25/h10-13,18,26H,3-9,14H2,1-2H3/t18-/m0/s1. The highest BCUT2D eigenvalue weighted by atomic mass is 19.1. The van der Waals surface area contributed by atoms with Gasteiger partial charge in [0.25, 0.3) is 0 Å². The summed E-state index contributed by atoms with van der Waals surface area (Å²) in [4.78, 5) is 0. The van der Waals surface area contributed by atoms with Crippen LogP contribution >= 0.6 is 0 Å². The number of ether oxygens (including phenoxy) is 1. The lowest BCUT2D eigenvalue weighted by Gasteiger charge is -2.11. The van der Waals surface area contributed by atoms with Crippen molar-refractivity contribution in [2.45, 2.75) is 64.9 Å². The van der Waals surface area contributed by atoms with E-state index >= 15 is 0 Å². The van der Waals surface area contributed by atoms with Gasteiger partial charge in [0.05, 0.1) is 12.7 Å². The molecule has 0 aliphatic heterocycles. The molecule has 0 spiro atoms. The molecule has 5 heteroatoms. The normalized spacial score (nSPS) is 12.8. The number of hydrogen-bond acceptors (Lipinski definition) is 3. The highest BCUT2D eigenvalue weighted by molar-refractivity contribution is 6.05.